The van der Waals surface area contributed by atoms with Crippen LogP contribution in [0.1, 0.15) is 0 Å². The predicted octanol–water partition coefficient (Wildman–Crippen LogP) is 2.61. The Balaban J connectivity index is 2.37. The second-order valence-corrected chi connectivity index (χ2v) is 6.27. The van der Waals surface area contributed by atoms with E-state index in [1.807, 2.05) is 0 Å². The van der Waals surface area contributed by atoms with E-state index in [0.717, 1.165) is 0 Å². The first-order valence-electron chi connectivity index (χ1n) is 4.69. The molecule has 4 unspecified atom stereocenters. The zero-order valence-electron chi connectivity index (χ0n) is 8.15. The van der Waals surface area contributed by atoms with Crippen molar-refractivity contribution >= 4 is 58.3 Å². The van der Waals surface area contributed by atoms with Gasteiger partial charge in [-0.3, -0.25) is 9.59 Å². The fourth-order valence-electron chi connectivity index (χ4n) is 2.81. The van der Waals surface area contributed by atoms with E-state index >= 15 is 0 Å². The first-order chi connectivity index (χ1) is 8.11. The lowest BCUT2D eigenvalue weighted by atomic mass is 9.84. The van der Waals surface area contributed by atoms with Crippen molar-refractivity contribution in [1.29, 1.82) is 0 Å². The third kappa shape index (κ3) is 0.921. The molecule has 0 aromatic heterocycles. The molecule has 0 aromatic rings. The van der Waals surface area contributed by atoms with E-state index in [0.29, 0.717) is 0 Å². The summed E-state index contributed by atoms with van der Waals surface area (Å²) < 4.78 is 32.9. The van der Waals surface area contributed by atoms with Crippen LogP contribution in [0.15, 0.2) is 10.1 Å². The standard InChI is InChI=1S/C9H2Cl4F2O3/c10-3-4(11)8(13)2-1(5(16)18-6(2)17)7(3,12)9(8,14)15/h1-2H. The molecule has 3 rings (SSSR count). The third-order valence-electron chi connectivity index (χ3n) is 3.64. The maximum Gasteiger partial charge on any atom is 0.319 e. The van der Waals surface area contributed by atoms with Gasteiger partial charge in [0.15, 0.2) is 9.75 Å². The van der Waals surface area contributed by atoms with Gasteiger partial charge in [0.25, 0.3) is 5.92 Å². The average Bonchev–Trinajstić information content (AvgIpc) is 2.68. The lowest BCUT2D eigenvalue weighted by molar-refractivity contribution is -0.157. The number of hydrogen-bond donors (Lipinski definition) is 0. The van der Waals surface area contributed by atoms with Crippen molar-refractivity contribution < 1.29 is 23.1 Å². The summed E-state index contributed by atoms with van der Waals surface area (Å²) in [6.07, 6.45) is 0. The smallest absolute Gasteiger partial charge is 0.319 e. The molecule has 0 radical (unpaired) electrons. The number of hydrogen-bond acceptors (Lipinski definition) is 3. The summed E-state index contributed by atoms with van der Waals surface area (Å²) in [7, 11) is 0. The van der Waals surface area contributed by atoms with Crippen molar-refractivity contribution in [3.8, 4) is 0 Å². The first kappa shape index (κ1) is 12.9. The van der Waals surface area contributed by atoms with E-state index in [-0.39, 0.29) is 0 Å². The summed E-state index contributed by atoms with van der Waals surface area (Å²) in [6.45, 7) is 0. The molecule has 0 spiro atoms. The van der Waals surface area contributed by atoms with Crippen LogP contribution >= 0.6 is 46.4 Å². The van der Waals surface area contributed by atoms with Crippen molar-refractivity contribution in [2.75, 3.05) is 0 Å². The van der Waals surface area contributed by atoms with Gasteiger partial charge in [-0.1, -0.05) is 23.2 Å². The fraction of sp³-hybridized carbons (Fsp3) is 0.556. The molecule has 9 heteroatoms. The van der Waals surface area contributed by atoms with Gasteiger partial charge in [-0.2, -0.15) is 0 Å². The van der Waals surface area contributed by atoms with Crippen LogP contribution in [-0.2, 0) is 14.3 Å². The van der Waals surface area contributed by atoms with Crippen LogP contribution in [-0.4, -0.2) is 27.6 Å². The molecule has 4 atom stereocenters. The van der Waals surface area contributed by atoms with Crippen LogP contribution in [0.2, 0.25) is 0 Å². The summed E-state index contributed by atoms with van der Waals surface area (Å²) in [5.74, 6) is -9.42. The molecule has 18 heavy (non-hydrogen) atoms. The molecule has 0 aromatic carbocycles. The Morgan fingerprint density at radius 3 is 1.61 bits per heavy atom. The van der Waals surface area contributed by atoms with Gasteiger partial charge in [-0.05, 0) is 0 Å². The number of carbonyl (C=O) groups is 2. The number of alkyl halides is 4. The second kappa shape index (κ2) is 3.14. The summed E-state index contributed by atoms with van der Waals surface area (Å²) in [4.78, 5) is 17.8. The van der Waals surface area contributed by atoms with Crippen LogP contribution in [0.3, 0.4) is 0 Å². The van der Waals surface area contributed by atoms with Crippen LogP contribution in [0, 0.1) is 11.8 Å². The molecule has 0 N–H and O–H groups in total. The molecular formula is C9H2Cl4F2O3. The summed E-state index contributed by atoms with van der Waals surface area (Å²) in [6, 6.07) is 0. The Morgan fingerprint density at radius 1 is 0.944 bits per heavy atom. The number of esters is 2. The quantitative estimate of drug-likeness (QED) is 0.388. The number of allylic oxidation sites excluding steroid dienone is 2. The first-order valence-corrected chi connectivity index (χ1v) is 6.20. The highest BCUT2D eigenvalue weighted by Crippen LogP contribution is 2.75. The zero-order valence-corrected chi connectivity index (χ0v) is 11.2. The van der Waals surface area contributed by atoms with Gasteiger partial charge in [0, 0.05) is 0 Å². The Labute approximate surface area is 119 Å². The van der Waals surface area contributed by atoms with E-state index in [1.54, 1.807) is 0 Å². The molecule has 98 valence electrons. The molecule has 1 saturated carbocycles. The number of fused-ring (bicyclic) bond motifs is 5. The highest BCUT2D eigenvalue weighted by atomic mass is 35.5. The lowest BCUT2D eigenvalue weighted by Crippen LogP contribution is -2.48. The van der Waals surface area contributed by atoms with E-state index in [4.69, 9.17) is 46.4 Å². The highest BCUT2D eigenvalue weighted by Gasteiger charge is 2.90. The predicted molar refractivity (Wildman–Crippen MR) is 58.9 cm³/mol. The van der Waals surface area contributed by atoms with Crippen LogP contribution in [0.4, 0.5) is 8.78 Å². The van der Waals surface area contributed by atoms with Crippen LogP contribution in [0.25, 0.3) is 0 Å². The maximum atomic E-state index is 14.3. The molecule has 3 aliphatic rings. The van der Waals surface area contributed by atoms with Gasteiger partial charge in [-0.15, -0.1) is 23.2 Å². The summed E-state index contributed by atoms with van der Waals surface area (Å²) in [5, 5.41) is -1.22. The van der Waals surface area contributed by atoms with E-state index in [2.05, 4.69) is 4.74 Å². The van der Waals surface area contributed by atoms with Crippen molar-refractivity contribution in [2.24, 2.45) is 11.8 Å². The van der Waals surface area contributed by atoms with Gasteiger partial charge >= 0.3 is 11.9 Å². The number of rotatable bonds is 0. The minimum absolute atomic E-state index is 0.612. The number of carbonyl (C=O) groups excluding carboxylic acids is 2. The lowest BCUT2D eigenvalue weighted by Gasteiger charge is -2.29. The molecule has 1 heterocycles. The molecule has 3 nitrogen and oxygen atoms in total. The normalized spacial score (nSPS) is 48.8. The van der Waals surface area contributed by atoms with Crippen molar-refractivity contribution in [3.63, 3.8) is 0 Å². The largest absolute Gasteiger partial charge is 0.393 e. The molecule has 0 amide bonds. The molecule has 2 bridgehead atoms. The van der Waals surface area contributed by atoms with Gasteiger partial charge in [-0.25, -0.2) is 8.78 Å². The third-order valence-corrected chi connectivity index (χ3v) is 6.23. The molecule has 2 fully saturated rings. The number of cyclic esters (lactones) is 2. The maximum absolute atomic E-state index is 14.3. The van der Waals surface area contributed by atoms with Gasteiger partial charge in [0.1, 0.15) is 11.8 Å². The topological polar surface area (TPSA) is 43.4 Å². The molecule has 1 aliphatic heterocycles. The van der Waals surface area contributed by atoms with E-state index in [1.165, 1.54) is 0 Å². The average molecular weight is 338 g/mol. The number of ether oxygens (including phenoxy) is 1. The number of halogens is 6. The van der Waals surface area contributed by atoms with Crippen molar-refractivity contribution in [3.05, 3.63) is 10.1 Å². The molecule has 1 saturated heterocycles. The van der Waals surface area contributed by atoms with Crippen LogP contribution < -0.4 is 0 Å². The minimum atomic E-state index is -3.83. The molecule has 2 aliphatic carbocycles. The highest BCUT2D eigenvalue weighted by molar-refractivity contribution is 6.53. The minimum Gasteiger partial charge on any atom is -0.393 e. The fourth-order valence-corrected chi connectivity index (χ4v) is 4.64. The zero-order chi connectivity index (χ0) is 13.7. The Hall–Kier alpha value is -0.100. The Kier molecular flexibility index (Phi) is 2.25. The molecular weight excluding hydrogens is 336 g/mol. The van der Waals surface area contributed by atoms with Crippen LogP contribution in [0.5, 0.6) is 0 Å². The Morgan fingerprint density at radius 2 is 1.28 bits per heavy atom. The monoisotopic (exact) mass is 336 g/mol. The van der Waals surface area contributed by atoms with Crippen molar-refractivity contribution in [1.82, 2.24) is 0 Å². The Bertz CT molecular complexity index is 504. The van der Waals surface area contributed by atoms with Gasteiger partial charge < -0.3 is 4.74 Å². The summed E-state index contributed by atoms with van der Waals surface area (Å²) in [5.41, 5.74) is 0. The van der Waals surface area contributed by atoms with Gasteiger partial charge in [0.05, 0.1) is 10.1 Å². The van der Waals surface area contributed by atoms with E-state index in [9.17, 15) is 18.4 Å². The SMILES string of the molecule is O=C1OC(=O)C2C1C1(Cl)C(Cl)=C(Cl)C2(Cl)C1(F)F. The van der Waals surface area contributed by atoms with Crippen molar-refractivity contribution in [2.45, 2.75) is 15.7 Å². The van der Waals surface area contributed by atoms with E-state index < -0.39 is 49.5 Å². The second-order valence-electron chi connectivity index (χ2n) is 4.32. The van der Waals surface area contributed by atoms with Gasteiger partial charge in [0.2, 0.25) is 0 Å². The summed E-state index contributed by atoms with van der Waals surface area (Å²) >= 11 is 23.0.